The second-order valence-corrected chi connectivity index (χ2v) is 6.07. The Morgan fingerprint density at radius 2 is 2.08 bits per heavy atom. The summed E-state index contributed by atoms with van der Waals surface area (Å²) in [6, 6.07) is 12.3. The van der Waals surface area contributed by atoms with E-state index in [2.05, 4.69) is 4.98 Å². The molecule has 7 nitrogen and oxygen atoms in total. The van der Waals surface area contributed by atoms with Crippen LogP contribution < -0.4 is 15.4 Å². The number of fused-ring (bicyclic) bond motifs is 2. The molecular formula is C19H17N3O4. The number of anilines is 2. The summed E-state index contributed by atoms with van der Waals surface area (Å²) in [6.45, 7) is 1.65. The van der Waals surface area contributed by atoms with Crippen LogP contribution in [0.25, 0.3) is 11.0 Å². The largest absolute Gasteiger partial charge is 0.477 e. The lowest BCUT2D eigenvalue weighted by Crippen LogP contribution is -2.48. The molecule has 0 radical (unpaired) electrons. The van der Waals surface area contributed by atoms with E-state index in [1.807, 2.05) is 25.1 Å². The van der Waals surface area contributed by atoms with E-state index in [1.54, 1.807) is 24.3 Å². The Morgan fingerprint density at radius 3 is 2.85 bits per heavy atom. The van der Waals surface area contributed by atoms with Crippen molar-refractivity contribution in [2.75, 3.05) is 17.2 Å². The van der Waals surface area contributed by atoms with Gasteiger partial charge in [0.2, 0.25) is 5.78 Å². The summed E-state index contributed by atoms with van der Waals surface area (Å²) in [5.74, 6) is 0.497. The van der Waals surface area contributed by atoms with Gasteiger partial charge in [0.1, 0.15) is 11.4 Å². The molecule has 2 aromatic heterocycles. The molecule has 0 spiro atoms. The third-order valence-corrected chi connectivity index (χ3v) is 4.30. The molecule has 26 heavy (non-hydrogen) atoms. The zero-order valence-corrected chi connectivity index (χ0v) is 14.1. The fourth-order valence-corrected chi connectivity index (χ4v) is 2.97. The molecule has 2 N–H and O–H groups in total. The summed E-state index contributed by atoms with van der Waals surface area (Å²) in [5.41, 5.74) is 6.36. The number of amides is 1. The number of furan rings is 1. The van der Waals surface area contributed by atoms with Gasteiger partial charge in [0, 0.05) is 5.39 Å². The van der Waals surface area contributed by atoms with E-state index >= 15 is 0 Å². The Bertz CT molecular complexity index is 978. The number of pyridine rings is 1. The van der Waals surface area contributed by atoms with Crippen LogP contribution in [-0.2, 0) is 4.79 Å². The van der Waals surface area contributed by atoms with Crippen molar-refractivity contribution in [1.82, 2.24) is 4.98 Å². The lowest BCUT2D eigenvalue weighted by molar-refractivity contribution is -0.126. The van der Waals surface area contributed by atoms with E-state index in [4.69, 9.17) is 14.9 Å². The predicted molar refractivity (Wildman–Crippen MR) is 96.3 cm³/mol. The molecule has 1 atom stereocenters. The number of hydrogen-bond donors (Lipinski definition) is 1. The summed E-state index contributed by atoms with van der Waals surface area (Å²) in [7, 11) is 0. The average Bonchev–Trinajstić information content (AvgIpc) is 3.08. The zero-order chi connectivity index (χ0) is 18.3. The first-order valence-electron chi connectivity index (χ1n) is 8.33. The molecule has 3 heterocycles. The highest BCUT2D eigenvalue weighted by Gasteiger charge is 2.36. The molecule has 0 saturated heterocycles. The van der Waals surface area contributed by atoms with Crippen molar-refractivity contribution < 1.29 is 18.7 Å². The highest BCUT2D eigenvalue weighted by Crippen LogP contribution is 2.34. The second-order valence-electron chi connectivity index (χ2n) is 6.07. The van der Waals surface area contributed by atoms with E-state index in [9.17, 15) is 9.59 Å². The molecular weight excluding hydrogens is 334 g/mol. The number of benzene rings is 1. The first kappa shape index (κ1) is 16.1. The average molecular weight is 351 g/mol. The number of carbonyl (C=O) groups excluding carboxylic acids is 2. The number of nitrogen functional groups attached to an aromatic ring is 1. The van der Waals surface area contributed by atoms with Crippen LogP contribution in [0.1, 0.15) is 23.9 Å². The number of nitrogens with zero attached hydrogens (tertiary/aromatic N) is 2. The Hall–Kier alpha value is -3.35. The molecule has 1 aliphatic rings. The monoisotopic (exact) mass is 351 g/mol. The Balaban J connectivity index is 1.68. The van der Waals surface area contributed by atoms with Crippen molar-refractivity contribution in [3.63, 3.8) is 0 Å². The fraction of sp³-hybridized carbons (Fsp3) is 0.211. The molecule has 1 unspecified atom stereocenters. The predicted octanol–water partition coefficient (Wildman–Crippen LogP) is 2.80. The number of Topliss-reactive ketones (excluding diaryl/α,β-unsaturated/α-hetero) is 1. The maximum absolute atomic E-state index is 12.7. The first-order chi connectivity index (χ1) is 12.6. The van der Waals surface area contributed by atoms with Crippen LogP contribution >= 0.6 is 0 Å². The molecule has 0 saturated carbocycles. The normalized spacial score (nSPS) is 16.4. The van der Waals surface area contributed by atoms with Gasteiger partial charge in [-0.15, -0.1) is 0 Å². The van der Waals surface area contributed by atoms with E-state index < -0.39 is 6.10 Å². The van der Waals surface area contributed by atoms with E-state index in [0.29, 0.717) is 17.8 Å². The van der Waals surface area contributed by atoms with Crippen LogP contribution in [0.5, 0.6) is 5.75 Å². The van der Waals surface area contributed by atoms with Crippen molar-refractivity contribution >= 4 is 34.3 Å². The Kier molecular flexibility index (Phi) is 3.84. The van der Waals surface area contributed by atoms with Gasteiger partial charge in [-0.3, -0.25) is 14.5 Å². The Labute approximate surface area is 149 Å². The van der Waals surface area contributed by atoms with Crippen molar-refractivity contribution in [1.29, 1.82) is 0 Å². The minimum Gasteiger partial charge on any atom is -0.477 e. The van der Waals surface area contributed by atoms with Crippen LogP contribution in [0.4, 0.5) is 11.6 Å². The number of carbonyl (C=O) groups is 2. The van der Waals surface area contributed by atoms with Crippen molar-refractivity contribution in [2.24, 2.45) is 0 Å². The van der Waals surface area contributed by atoms with Gasteiger partial charge in [-0.1, -0.05) is 25.1 Å². The number of ketones is 1. The number of nitrogens with two attached hydrogens (primary N) is 1. The van der Waals surface area contributed by atoms with Crippen LogP contribution in [0.2, 0.25) is 0 Å². The molecule has 3 aromatic rings. The minimum absolute atomic E-state index is 0.192. The lowest BCUT2D eigenvalue weighted by atomic mass is 10.1. The van der Waals surface area contributed by atoms with Gasteiger partial charge < -0.3 is 14.9 Å². The molecule has 132 valence electrons. The molecule has 1 aromatic carbocycles. The molecule has 1 aliphatic heterocycles. The van der Waals surface area contributed by atoms with Gasteiger partial charge in [0.25, 0.3) is 5.91 Å². The second kappa shape index (κ2) is 6.18. The van der Waals surface area contributed by atoms with Crippen LogP contribution in [0.3, 0.4) is 0 Å². The smallest absolute Gasteiger partial charge is 0.269 e. The maximum Gasteiger partial charge on any atom is 0.269 e. The fourth-order valence-electron chi connectivity index (χ4n) is 2.97. The van der Waals surface area contributed by atoms with Gasteiger partial charge in [-0.25, -0.2) is 4.98 Å². The summed E-state index contributed by atoms with van der Waals surface area (Å²) < 4.78 is 11.3. The molecule has 0 bridgehead atoms. The molecule has 7 heteroatoms. The highest BCUT2D eigenvalue weighted by molar-refractivity contribution is 6.07. The van der Waals surface area contributed by atoms with Crippen LogP contribution in [-0.4, -0.2) is 29.3 Å². The number of rotatable bonds is 4. The van der Waals surface area contributed by atoms with Gasteiger partial charge in [0.05, 0.1) is 6.54 Å². The number of aromatic nitrogens is 1. The summed E-state index contributed by atoms with van der Waals surface area (Å²) >= 11 is 0. The number of ether oxygens (including phenoxy) is 1. The minimum atomic E-state index is -0.656. The molecule has 0 fully saturated rings. The SMILES string of the molecule is CCC1Oc2ccc(N)nc2N(CC(=O)c2cc3ccccc3o2)C1=O. The van der Waals surface area contributed by atoms with Crippen molar-refractivity contribution in [3.8, 4) is 5.75 Å². The zero-order valence-electron chi connectivity index (χ0n) is 14.1. The van der Waals surface area contributed by atoms with Gasteiger partial charge in [-0.05, 0) is 30.7 Å². The van der Waals surface area contributed by atoms with Crippen molar-refractivity contribution in [3.05, 3.63) is 48.2 Å². The summed E-state index contributed by atoms with van der Waals surface area (Å²) in [6.07, 6.45) is -0.172. The topological polar surface area (TPSA) is 98.7 Å². The van der Waals surface area contributed by atoms with E-state index in [1.165, 1.54) is 4.90 Å². The molecule has 4 rings (SSSR count). The van der Waals surface area contributed by atoms with Crippen LogP contribution in [0, 0.1) is 0 Å². The van der Waals surface area contributed by atoms with E-state index in [-0.39, 0.29) is 35.6 Å². The first-order valence-corrected chi connectivity index (χ1v) is 8.33. The van der Waals surface area contributed by atoms with Gasteiger partial charge in [0.15, 0.2) is 23.4 Å². The maximum atomic E-state index is 12.7. The van der Waals surface area contributed by atoms with Crippen LogP contribution in [0.15, 0.2) is 46.9 Å². The number of hydrogen-bond acceptors (Lipinski definition) is 6. The van der Waals surface area contributed by atoms with Crippen molar-refractivity contribution in [2.45, 2.75) is 19.4 Å². The standard InChI is InChI=1S/C19H17N3O4/c1-2-13-19(24)22(18-15(25-13)7-8-17(20)21-18)10-12(23)16-9-11-5-3-4-6-14(11)26-16/h3-9,13H,2,10H2,1H3,(H2,20,21). The quantitative estimate of drug-likeness (QED) is 0.726. The molecule has 1 amide bonds. The number of para-hydroxylation sites is 1. The summed E-state index contributed by atoms with van der Waals surface area (Å²) in [5, 5.41) is 0.832. The summed E-state index contributed by atoms with van der Waals surface area (Å²) in [4.78, 5) is 30.9. The third-order valence-electron chi connectivity index (χ3n) is 4.30. The Morgan fingerprint density at radius 1 is 1.27 bits per heavy atom. The van der Waals surface area contributed by atoms with Gasteiger partial charge >= 0.3 is 0 Å². The highest BCUT2D eigenvalue weighted by atomic mass is 16.5. The lowest BCUT2D eigenvalue weighted by Gasteiger charge is -2.32. The van der Waals surface area contributed by atoms with Gasteiger partial charge in [-0.2, -0.15) is 0 Å². The van der Waals surface area contributed by atoms with E-state index in [0.717, 1.165) is 5.39 Å². The molecule has 0 aliphatic carbocycles. The third kappa shape index (κ3) is 2.67.